The Kier molecular flexibility index (Phi) is 3.77. The van der Waals surface area contributed by atoms with Crippen molar-refractivity contribution in [2.45, 2.75) is 26.7 Å². The van der Waals surface area contributed by atoms with E-state index in [0.29, 0.717) is 5.82 Å². The maximum atomic E-state index is 5.90. The van der Waals surface area contributed by atoms with Gasteiger partial charge in [-0.3, -0.25) is 0 Å². The molecule has 0 amide bonds. The molecule has 0 saturated carbocycles. The number of nitrogen functional groups attached to an aromatic ring is 1. The SMILES string of the molecule is CCCc1c(N)ncnc1Nc1cccc(C)c1. The second kappa shape index (κ2) is 5.49. The molecule has 0 bridgehead atoms. The average Bonchev–Trinajstić information content (AvgIpc) is 2.34. The molecule has 0 fully saturated rings. The molecule has 0 unspecified atom stereocenters. The highest BCUT2D eigenvalue weighted by atomic mass is 15.0. The quantitative estimate of drug-likeness (QED) is 0.864. The summed E-state index contributed by atoms with van der Waals surface area (Å²) in [7, 11) is 0. The van der Waals surface area contributed by atoms with Crippen LogP contribution in [0.5, 0.6) is 0 Å². The normalized spacial score (nSPS) is 10.3. The lowest BCUT2D eigenvalue weighted by molar-refractivity contribution is 0.908. The van der Waals surface area contributed by atoms with E-state index in [4.69, 9.17) is 5.73 Å². The van der Waals surface area contributed by atoms with Crippen LogP contribution in [0.25, 0.3) is 0 Å². The molecule has 0 aliphatic carbocycles. The zero-order chi connectivity index (χ0) is 13.0. The zero-order valence-corrected chi connectivity index (χ0v) is 10.8. The molecule has 3 N–H and O–H groups in total. The number of nitrogens with two attached hydrogens (primary N) is 1. The molecule has 4 heteroatoms. The van der Waals surface area contributed by atoms with Crippen LogP contribution >= 0.6 is 0 Å². The van der Waals surface area contributed by atoms with Gasteiger partial charge in [0.15, 0.2) is 0 Å². The van der Waals surface area contributed by atoms with Crippen LogP contribution in [0, 0.1) is 6.92 Å². The Balaban J connectivity index is 2.31. The fourth-order valence-corrected chi connectivity index (χ4v) is 1.89. The van der Waals surface area contributed by atoms with Crippen LogP contribution < -0.4 is 11.1 Å². The molecule has 1 aromatic heterocycles. The molecule has 0 spiro atoms. The highest BCUT2D eigenvalue weighted by molar-refractivity contribution is 5.64. The van der Waals surface area contributed by atoms with Crippen molar-refractivity contribution in [1.82, 2.24) is 9.97 Å². The first-order valence-corrected chi connectivity index (χ1v) is 6.13. The van der Waals surface area contributed by atoms with Crippen LogP contribution in [0.1, 0.15) is 24.5 Å². The molecule has 0 aliphatic heterocycles. The molecule has 0 aliphatic rings. The summed E-state index contributed by atoms with van der Waals surface area (Å²) in [6.07, 6.45) is 3.38. The van der Waals surface area contributed by atoms with Crippen LogP contribution in [0.4, 0.5) is 17.3 Å². The summed E-state index contributed by atoms with van der Waals surface area (Å²) in [6, 6.07) is 8.17. The second-order valence-electron chi connectivity index (χ2n) is 4.33. The number of hydrogen-bond acceptors (Lipinski definition) is 4. The minimum Gasteiger partial charge on any atom is -0.383 e. The lowest BCUT2D eigenvalue weighted by Gasteiger charge is -2.12. The smallest absolute Gasteiger partial charge is 0.139 e. The van der Waals surface area contributed by atoms with Gasteiger partial charge in [0, 0.05) is 11.3 Å². The Bertz CT molecular complexity index is 537. The third-order valence-electron chi connectivity index (χ3n) is 2.76. The van der Waals surface area contributed by atoms with Crippen molar-refractivity contribution in [3.8, 4) is 0 Å². The molecular weight excluding hydrogens is 224 g/mol. The molecule has 0 saturated heterocycles. The number of nitrogens with zero attached hydrogens (tertiary/aromatic N) is 2. The molecule has 1 aromatic carbocycles. The van der Waals surface area contributed by atoms with Gasteiger partial charge in [0.2, 0.25) is 0 Å². The van der Waals surface area contributed by atoms with Gasteiger partial charge in [-0.2, -0.15) is 0 Å². The maximum absolute atomic E-state index is 5.90. The summed E-state index contributed by atoms with van der Waals surface area (Å²) in [5, 5.41) is 3.31. The van der Waals surface area contributed by atoms with Gasteiger partial charge in [-0.15, -0.1) is 0 Å². The molecule has 4 nitrogen and oxygen atoms in total. The number of benzene rings is 1. The number of rotatable bonds is 4. The van der Waals surface area contributed by atoms with E-state index < -0.39 is 0 Å². The van der Waals surface area contributed by atoms with Gasteiger partial charge in [-0.05, 0) is 31.0 Å². The molecule has 0 radical (unpaired) electrons. The summed E-state index contributed by atoms with van der Waals surface area (Å²) in [5.74, 6) is 1.36. The number of anilines is 3. The number of nitrogens with one attached hydrogen (secondary N) is 1. The first-order chi connectivity index (χ1) is 8.70. The lowest BCUT2D eigenvalue weighted by Crippen LogP contribution is -2.05. The van der Waals surface area contributed by atoms with E-state index in [9.17, 15) is 0 Å². The zero-order valence-electron chi connectivity index (χ0n) is 10.8. The van der Waals surface area contributed by atoms with Crippen LogP contribution in [0.15, 0.2) is 30.6 Å². The van der Waals surface area contributed by atoms with E-state index in [1.54, 1.807) is 0 Å². The molecular formula is C14H18N4. The summed E-state index contributed by atoms with van der Waals surface area (Å²) in [4.78, 5) is 8.33. The first kappa shape index (κ1) is 12.4. The highest BCUT2D eigenvalue weighted by Gasteiger charge is 2.08. The van der Waals surface area contributed by atoms with Crippen molar-refractivity contribution in [3.05, 3.63) is 41.7 Å². The summed E-state index contributed by atoms with van der Waals surface area (Å²) in [5.41, 5.74) is 9.11. The monoisotopic (exact) mass is 242 g/mol. The van der Waals surface area contributed by atoms with Gasteiger partial charge in [-0.25, -0.2) is 9.97 Å². The van der Waals surface area contributed by atoms with E-state index in [-0.39, 0.29) is 0 Å². The standard InChI is InChI=1S/C14H18N4/c1-3-5-12-13(15)16-9-17-14(12)18-11-7-4-6-10(2)8-11/h4,6-9H,3,5H2,1-2H3,(H3,15,16,17,18). The van der Waals surface area contributed by atoms with E-state index in [0.717, 1.165) is 29.9 Å². The predicted molar refractivity (Wildman–Crippen MR) is 74.9 cm³/mol. The third kappa shape index (κ3) is 2.77. The van der Waals surface area contributed by atoms with Crippen LogP contribution in [-0.2, 0) is 6.42 Å². The summed E-state index contributed by atoms with van der Waals surface area (Å²) in [6.45, 7) is 4.18. The highest BCUT2D eigenvalue weighted by Crippen LogP contribution is 2.23. The molecule has 0 atom stereocenters. The fraction of sp³-hybridized carbons (Fsp3) is 0.286. The summed E-state index contributed by atoms with van der Waals surface area (Å²) >= 11 is 0. The van der Waals surface area contributed by atoms with Gasteiger partial charge in [0.1, 0.15) is 18.0 Å². The number of aryl methyl sites for hydroxylation is 1. The summed E-state index contributed by atoms with van der Waals surface area (Å²) < 4.78 is 0. The van der Waals surface area contributed by atoms with Crippen LogP contribution in [-0.4, -0.2) is 9.97 Å². The van der Waals surface area contributed by atoms with Crippen molar-refractivity contribution in [2.24, 2.45) is 0 Å². The average molecular weight is 242 g/mol. The van der Waals surface area contributed by atoms with Gasteiger partial charge < -0.3 is 11.1 Å². The van der Waals surface area contributed by atoms with E-state index >= 15 is 0 Å². The molecule has 2 aromatic rings. The van der Waals surface area contributed by atoms with E-state index in [1.807, 2.05) is 12.1 Å². The predicted octanol–water partition coefficient (Wildman–Crippen LogP) is 3.06. The van der Waals surface area contributed by atoms with Gasteiger partial charge >= 0.3 is 0 Å². The maximum Gasteiger partial charge on any atom is 0.139 e. The van der Waals surface area contributed by atoms with E-state index in [1.165, 1.54) is 11.9 Å². The molecule has 94 valence electrons. The van der Waals surface area contributed by atoms with Gasteiger partial charge in [-0.1, -0.05) is 25.5 Å². The fourth-order valence-electron chi connectivity index (χ4n) is 1.89. The van der Waals surface area contributed by atoms with E-state index in [2.05, 4.69) is 41.3 Å². The third-order valence-corrected chi connectivity index (χ3v) is 2.76. The van der Waals surface area contributed by atoms with Crippen LogP contribution in [0.3, 0.4) is 0 Å². The Labute approximate surface area is 107 Å². The Morgan fingerprint density at radius 3 is 2.83 bits per heavy atom. The van der Waals surface area contributed by atoms with Crippen molar-refractivity contribution >= 4 is 17.3 Å². The Hall–Kier alpha value is -2.10. The lowest BCUT2D eigenvalue weighted by atomic mass is 10.1. The minimum absolute atomic E-state index is 0.557. The number of aromatic nitrogens is 2. The molecule has 2 rings (SSSR count). The van der Waals surface area contributed by atoms with Crippen LogP contribution in [0.2, 0.25) is 0 Å². The Morgan fingerprint density at radius 1 is 1.28 bits per heavy atom. The number of hydrogen-bond donors (Lipinski definition) is 2. The molecule has 18 heavy (non-hydrogen) atoms. The van der Waals surface area contributed by atoms with Crippen molar-refractivity contribution < 1.29 is 0 Å². The topological polar surface area (TPSA) is 63.8 Å². The van der Waals surface area contributed by atoms with Crippen molar-refractivity contribution in [1.29, 1.82) is 0 Å². The first-order valence-electron chi connectivity index (χ1n) is 6.13. The van der Waals surface area contributed by atoms with Gasteiger partial charge in [0.25, 0.3) is 0 Å². The van der Waals surface area contributed by atoms with Crippen molar-refractivity contribution in [3.63, 3.8) is 0 Å². The minimum atomic E-state index is 0.557. The van der Waals surface area contributed by atoms with Gasteiger partial charge in [0.05, 0.1) is 0 Å². The Morgan fingerprint density at radius 2 is 2.11 bits per heavy atom. The second-order valence-corrected chi connectivity index (χ2v) is 4.33. The van der Waals surface area contributed by atoms with Crippen molar-refractivity contribution in [2.75, 3.05) is 11.1 Å². The molecule has 1 heterocycles. The largest absolute Gasteiger partial charge is 0.383 e.